The Kier molecular flexibility index (Phi) is 10.4. The number of hydrogen-bond donors (Lipinski definition) is 1. The van der Waals surface area contributed by atoms with Crippen LogP contribution in [0.15, 0.2) is 30.6 Å². The predicted molar refractivity (Wildman–Crippen MR) is 175 cm³/mol. The number of fused-ring (bicyclic) bond motifs is 1. The van der Waals surface area contributed by atoms with E-state index in [9.17, 15) is 18.0 Å². The third-order valence-electron chi connectivity index (χ3n) is 8.05. The van der Waals surface area contributed by atoms with E-state index in [-0.39, 0.29) is 41.0 Å². The van der Waals surface area contributed by atoms with Gasteiger partial charge >= 0.3 is 12.1 Å². The van der Waals surface area contributed by atoms with Crippen LogP contribution >= 0.6 is 0 Å². The fraction of sp³-hybridized carbons (Fsp3) is 0.515. The smallest absolute Gasteiger partial charge is 0.433 e. The number of pyridine rings is 2. The Morgan fingerprint density at radius 1 is 1.02 bits per heavy atom. The second-order valence-corrected chi connectivity index (χ2v) is 12.5. The minimum atomic E-state index is -4.68. The number of halogens is 3. The fourth-order valence-corrected chi connectivity index (χ4v) is 5.94. The van der Waals surface area contributed by atoms with Crippen molar-refractivity contribution >= 4 is 28.6 Å². The Hall–Kier alpha value is -4.53. The third kappa shape index (κ3) is 7.94. The number of carbonyl (C=O) groups is 1. The number of H-pyrrole nitrogens is 1. The van der Waals surface area contributed by atoms with Gasteiger partial charge < -0.3 is 29.0 Å². The van der Waals surface area contributed by atoms with Crippen LogP contribution in [0, 0.1) is 11.3 Å². The van der Waals surface area contributed by atoms with Crippen LogP contribution in [0.5, 0.6) is 5.88 Å². The van der Waals surface area contributed by atoms with E-state index in [1.165, 1.54) is 6.07 Å². The van der Waals surface area contributed by atoms with Crippen molar-refractivity contribution < 1.29 is 32.2 Å². The topological polar surface area (TPSA) is 131 Å². The minimum Gasteiger partial charge on any atom is -0.478 e. The molecule has 0 unspecified atom stereocenters. The Labute approximate surface area is 277 Å². The number of rotatable bonds is 12. The van der Waals surface area contributed by atoms with Crippen molar-refractivity contribution in [2.75, 3.05) is 63.4 Å². The zero-order valence-corrected chi connectivity index (χ0v) is 28.0. The summed E-state index contributed by atoms with van der Waals surface area (Å²) < 4.78 is 57.5. The molecule has 0 amide bonds. The molecule has 4 aromatic heterocycles. The van der Waals surface area contributed by atoms with Crippen LogP contribution in [0.4, 0.5) is 24.7 Å². The molecule has 4 aromatic rings. The standard InChI is InChI=1S/C33H41F3N8O4/c1-7-47-27-14-21(13-25(40-27)33(34,35)36)22-15-24(43(5)18-32(3,4)19-46-6)28-30(39-22)42-29(41-28)23-16-38-26(17-37-23)44-11-9-20(10-12-44)31(45)48-8-2/h13-17,20H,7-12,18-19H2,1-6H3,(H,39,41,42). The van der Waals surface area contributed by atoms with Crippen LogP contribution in [-0.4, -0.2) is 89.5 Å². The van der Waals surface area contributed by atoms with Crippen molar-refractivity contribution in [2.24, 2.45) is 11.3 Å². The second-order valence-electron chi connectivity index (χ2n) is 12.5. The van der Waals surface area contributed by atoms with Crippen LogP contribution < -0.4 is 14.5 Å². The normalized spacial score (nSPS) is 14.4. The zero-order chi connectivity index (χ0) is 34.6. The number of carbonyl (C=O) groups excluding carboxylic acids is 1. The van der Waals surface area contributed by atoms with Crippen molar-refractivity contribution in [3.63, 3.8) is 0 Å². The van der Waals surface area contributed by atoms with E-state index in [0.717, 1.165) is 6.07 Å². The van der Waals surface area contributed by atoms with Gasteiger partial charge in [-0.05, 0) is 38.8 Å². The Bertz CT molecular complexity index is 1720. The van der Waals surface area contributed by atoms with Crippen molar-refractivity contribution in [3.8, 4) is 28.7 Å². The molecule has 1 aliphatic rings. The Morgan fingerprint density at radius 2 is 1.77 bits per heavy atom. The second kappa shape index (κ2) is 14.3. The fourth-order valence-electron chi connectivity index (χ4n) is 5.94. The molecule has 1 saturated heterocycles. The van der Waals surface area contributed by atoms with E-state index in [4.69, 9.17) is 19.2 Å². The van der Waals surface area contributed by atoms with Crippen molar-refractivity contribution in [2.45, 2.75) is 46.7 Å². The maximum absolute atomic E-state index is 13.8. The molecule has 12 nitrogen and oxygen atoms in total. The highest BCUT2D eigenvalue weighted by atomic mass is 19.4. The molecular formula is C33H41F3N8O4. The molecule has 1 aliphatic heterocycles. The van der Waals surface area contributed by atoms with Gasteiger partial charge in [-0.2, -0.15) is 13.2 Å². The molecule has 0 aromatic carbocycles. The Balaban J connectivity index is 1.51. The maximum Gasteiger partial charge on any atom is 0.433 e. The monoisotopic (exact) mass is 670 g/mol. The van der Waals surface area contributed by atoms with Gasteiger partial charge in [0.2, 0.25) is 5.88 Å². The van der Waals surface area contributed by atoms with Gasteiger partial charge in [-0.3, -0.25) is 4.79 Å². The highest BCUT2D eigenvalue weighted by molar-refractivity contribution is 5.91. The zero-order valence-electron chi connectivity index (χ0n) is 28.0. The lowest BCUT2D eigenvalue weighted by molar-refractivity contribution is -0.148. The lowest BCUT2D eigenvalue weighted by atomic mass is 9.94. The Morgan fingerprint density at radius 3 is 2.40 bits per heavy atom. The first kappa shape index (κ1) is 34.8. The van der Waals surface area contributed by atoms with Gasteiger partial charge in [0.15, 0.2) is 11.5 Å². The number of methoxy groups -OCH3 is 1. The molecule has 5 heterocycles. The van der Waals surface area contributed by atoms with Crippen molar-refractivity contribution in [3.05, 3.63) is 36.3 Å². The van der Waals surface area contributed by atoms with Gasteiger partial charge in [-0.1, -0.05) is 13.8 Å². The lowest BCUT2D eigenvalue weighted by Gasteiger charge is -2.31. The number of nitrogens with one attached hydrogen (secondary N) is 1. The summed E-state index contributed by atoms with van der Waals surface area (Å²) in [4.78, 5) is 41.8. The number of nitrogens with zero attached hydrogens (tertiary/aromatic N) is 7. The first-order valence-electron chi connectivity index (χ1n) is 15.9. The first-order valence-corrected chi connectivity index (χ1v) is 15.9. The van der Waals surface area contributed by atoms with E-state index in [2.05, 4.69) is 43.7 Å². The number of esters is 1. The summed E-state index contributed by atoms with van der Waals surface area (Å²) in [5.41, 5.74) is 1.16. The van der Waals surface area contributed by atoms with E-state index in [1.807, 2.05) is 11.9 Å². The van der Waals surface area contributed by atoms with Gasteiger partial charge in [0.05, 0.1) is 49.5 Å². The summed E-state index contributed by atoms with van der Waals surface area (Å²) in [6.45, 7) is 10.5. The SMILES string of the molecule is CCOC(=O)C1CCN(c2cnc(-c3nc4nc(-c5cc(OCC)nc(C(F)(F)F)c5)cc(N(C)CC(C)(C)COC)c4[nH]3)cn2)CC1. The number of anilines is 2. The van der Waals surface area contributed by atoms with Crippen LogP contribution in [0.2, 0.25) is 0 Å². The summed E-state index contributed by atoms with van der Waals surface area (Å²) in [7, 11) is 3.54. The minimum absolute atomic E-state index is 0.119. The molecule has 0 atom stereocenters. The molecule has 0 saturated carbocycles. The summed E-state index contributed by atoms with van der Waals surface area (Å²) in [5, 5.41) is 0. The highest BCUT2D eigenvalue weighted by Crippen LogP contribution is 2.36. The molecule has 0 aliphatic carbocycles. The van der Waals surface area contributed by atoms with Gasteiger partial charge in [0.25, 0.3) is 0 Å². The average molecular weight is 671 g/mol. The molecule has 1 fully saturated rings. The molecule has 15 heteroatoms. The van der Waals surface area contributed by atoms with Crippen LogP contribution in [0.3, 0.4) is 0 Å². The maximum atomic E-state index is 13.8. The predicted octanol–water partition coefficient (Wildman–Crippen LogP) is 5.78. The molecule has 0 bridgehead atoms. The summed E-state index contributed by atoms with van der Waals surface area (Å²) in [6.07, 6.45) is -0.0614. The summed E-state index contributed by atoms with van der Waals surface area (Å²) in [6, 6.07) is 4.13. The number of aromatic nitrogens is 6. The summed E-state index contributed by atoms with van der Waals surface area (Å²) in [5.74, 6) is 0.658. The molecule has 48 heavy (non-hydrogen) atoms. The van der Waals surface area contributed by atoms with E-state index in [0.29, 0.717) is 79.9 Å². The first-order chi connectivity index (χ1) is 22.8. The van der Waals surface area contributed by atoms with E-state index < -0.39 is 11.9 Å². The number of imidazole rings is 1. The van der Waals surface area contributed by atoms with Gasteiger partial charge in [-0.15, -0.1) is 0 Å². The van der Waals surface area contributed by atoms with Crippen LogP contribution in [-0.2, 0) is 20.4 Å². The molecule has 0 spiro atoms. The third-order valence-corrected chi connectivity index (χ3v) is 8.05. The van der Waals surface area contributed by atoms with Crippen molar-refractivity contribution in [1.29, 1.82) is 0 Å². The van der Waals surface area contributed by atoms with Crippen molar-refractivity contribution in [1.82, 2.24) is 29.9 Å². The molecule has 1 N–H and O–H groups in total. The number of aromatic amines is 1. The number of piperidine rings is 1. The molecule has 0 radical (unpaired) electrons. The van der Waals surface area contributed by atoms with Gasteiger partial charge in [0.1, 0.15) is 22.7 Å². The van der Waals surface area contributed by atoms with E-state index in [1.54, 1.807) is 39.4 Å². The number of hydrogen-bond acceptors (Lipinski definition) is 11. The quantitative estimate of drug-likeness (QED) is 0.184. The summed E-state index contributed by atoms with van der Waals surface area (Å²) >= 11 is 0. The average Bonchev–Trinajstić information content (AvgIpc) is 3.48. The molecular weight excluding hydrogens is 629 g/mol. The molecule has 258 valence electrons. The largest absolute Gasteiger partial charge is 0.478 e. The van der Waals surface area contributed by atoms with Crippen LogP contribution in [0.25, 0.3) is 33.9 Å². The number of ether oxygens (including phenoxy) is 3. The van der Waals surface area contributed by atoms with Crippen LogP contribution in [0.1, 0.15) is 46.2 Å². The molecule has 5 rings (SSSR count). The van der Waals surface area contributed by atoms with E-state index >= 15 is 0 Å². The lowest BCUT2D eigenvalue weighted by Crippen LogP contribution is -2.37. The van der Waals surface area contributed by atoms with Gasteiger partial charge in [0, 0.05) is 50.8 Å². The highest BCUT2D eigenvalue weighted by Gasteiger charge is 2.34. The number of alkyl halides is 3. The van der Waals surface area contributed by atoms with Gasteiger partial charge in [-0.25, -0.2) is 24.9 Å².